The van der Waals surface area contributed by atoms with E-state index in [2.05, 4.69) is 53.9 Å². The Hall–Kier alpha value is -4.64. The van der Waals surface area contributed by atoms with Crippen molar-refractivity contribution in [3.8, 4) is 17.2 Å². The number of nitrogens with one attached hydrogen (secondary N) is 1. The second-order valence-corrected chi connectivity index (χ2v) is 11.1. The second kappa shape index (κ2) is 13.1. The molecule has 0 spiro atoms. The van der Waals surface area contributed by atoms with Crippen molar-refractivity contribution >= 4 is 52.2 Å². The molecule has 0 unspecified atom stereocenters. The van der Waals surface area contributed by atoms with Gasteiger partial charge in [-0.3, -0.25) is 14.9 Å². The van der Waals surface area contributed by atoms with Crippen molar-refractivity contribution in [1.82, 2.24) is 5.32 Å². The fourth-order valence-electron chi connectivity index (χ4n) is 4.50. The number of ether oxygens (including phenoxy) is 3. The first kappa shape index (κ1) is 29.8. The molecule has 0 saturated carbocycles. The number of nitrogens with zero attached hydrogens (tertiary/aromatic N) is 1. The third-order valence-corrected chi connectivity index (χ3v) is 7.76. The van der Waals surface area contributed by atoms with Gasteiger partial charge in [-0.15, -0.1) is 0 Å². The summed E-state index contributed by atoms with van der Waals surface area (Å²) >= 11 is 2.13. The van der Waals surface area contributed by atoms with Gasteiger partial charge in [0.2, 0.25) is 0 Å². The molecule has 43 heavy (non-hydrogen) atoms. The number of imide groups is 2. The summed E-state index contributed by atoms with van der Waals surface area (Å²) in [6, 6.07) is 25.0. The summed E-state index contributed by atoms with van der Waals surface area (Å²) in [4.78, 5) is 39.9. The normalized spacial score (nSPS) is 14.1. The van der Waals surface area contributed by atoms with E-state index in [4.69, 9.17) is 14.2 Å². The van der Waals surface area contributed by atoms with Gasteiger partial charge in [-0.2, -0.15) is 0 Å². The lowest BCUT2D eigenvalue weighted by molar-refractivity contribution is -0.122. The Labute approximate surface area is 263 Å². The highest BCUT2D eigenvalue weighted by atomic mass is 127. The lowest BCUT2D eigenvalue weighted by Crippen LogP contribution is -2.54. The third kappa shape index (κ3) is 6.89. The topological polar surface area (TPSA) is 94.2 Å². The minimum absolute atomic E-state index is 0.189. The van der Waals surface area contributed by atoms with Gasteiger partial charge in [-0.1, -0.05) is 48.5 Å². The first-order valence-corrected chi connectivity index (χ1v) is 14.6. The summed E-state index contributed by atoms with van der Waals surface area (Å²) in [5.41, 5.74) is 5.08. The third-order valence-electron chi connectivity index (χ3n) is 6.96. The summed E-state index contributed by atoms with van der Waals surface area (Å²) in [5.74, 6) is 0.0548. The van der Waals surface area contributed by atoms with Crippen molar-refractivity contribution in [1.29, 1.82) is 0 Å². The van der Waals surface area contributed by atoms with Crippen LogP contribution >= 0.6 is 22.6 Å². The zero-order valence-corrected chi connectivity index (χ0v) is 26.0. The summed E-state index contributed by atoms with van der Waals surface area (Å²) < 4.78 is 18.2. The van der Waals surface area contributed by atoms with Crippen molar-refractivity contribution in [2.75, 3.05) is 12.0 Å². The number of carbonyl (C=O) groups excluding carboxylic acids is 3. The molecule has 1 aliphatic rings. The van der Waals surface area contributed by atoms with Gasteiger partial charge in [0.15, 0.2) is 11.5 Å². The SMILES string of the molecule is COc1cc(/C=C2\C(=O)NC(=O)N(c3ccc(OCc4ccccc4)cc3)C2=O)cc(I)c1OCc1ccc(C)c(C)c1. The Bertz CT molecular complexity index is 1720. The highest BCUT2D eigenvalue weighted by Gasteiger charge is 2.37. The second-order valence-electron chi connectivity index (χ2n) is 9.97. The number of benzene rings is 4. The van der Waals surface area contributed by atoms with E-state index in [1.54, 1.807) is 36.4 Å². The number of barbiturate groups is 1. The number of urea groups is 1. The standard InChI is InChI=1S/C34H29IN2O6/c1-21-9-10-24(15-22(21)2)20-43-31-29(35)17-25(18-30(31)41-3)16-28-32(38)36-34(40)37(33(28)39)26-11-13-27(14-12-26)42-19-23-7-5-4-6-8-23/h4-18H,19-20H2,1-3H3,(H,36,38,40)/b28-16+. The van der Waals surface area contributed by atoms with E-state index in [0.29, 0.717) is 41.7 Å². The molecular formula is C34H29IN2O6. The number of amides is 4. The van der Waals surface area contributed by atoms with Crippen molar-refractivity contribution in [3.05, 3.63) is 122 Å². The minimum Gasteiger partial charge on any atom is -0.493 e. The van der Waals surface area contributed by atoms with Crippen LogP contribution in [0.5, 0.6) is 17.2 Å². The van der Waals surface area contributed by atoms with Gasteiger partial charge in [-0.05, 0) is 107 Å². The first-order valence-electron chi connectivity index (χ1n) is 13.5. The molecule has 1 N–H and O–H groups in total. The Morgan fingerprint density at radius 2 is 1.53 bits per heavy atom. The Balaban J connectivity index is 1.34. The first-order chi connectivity index (χ1) is 20.7. The molecule has 1 fully saturated rings. The molecule has 0 radical (unpaired) electrons. The average Bonchev–Trinajstić information content (AvgIpc) is 3.00. The van der Waals surface area contributed by atoms with Gasteiger partial charge < -0.3 is 14.2 Å². The molecule has 218 valence electrons. The highest BCUT2D eigenvalue weighted by molar-refractivity contribution is 14.1. The quantitative estimate of drug-likeness (QED) is 0.119. The summed E-state index contributed by atoms with van der Waals surface area (Å²) in [5, 5.41) is 2.26. The largest absolute Gasteiger partial charge is 0.493 e. The zero-order valence-electron chi connectivity index (χ0n) is 23.8. The van der Waals surface area contributed by atoms with E-state index in [1.807, 2.05) is 36.4 Å². The van der Waals surface area contributed by atoms with Crippen LogP contribution in [0.15, 0.2) is 90.5 Å². The van der Waals surface area contributed by atoms with E-state index in [1.165, 1.54) is 24.3 Å². The average molecular weight is 689 g/mol. The maximum Gasteiger partial charge on any atom is 0.335 e. The van der Waals surface area contributed by atoms with Crippen LogP contribution in [0.25, 0.3) is 6.08 Å². The molecule has 0 aliphatic carbocycles. The molecular weight excluding hydrogens is 659 g/mol. The van der Waals surface area contributed by atoms with E-state index in [0.717, 1.165) is 19.6 Å². The lowest BCUT2D eigenvalue weighted by Gasteiger charge is -2.26. The van der Waals surface area contributed by atoms with Crippen molar-refractivity contribution in [2.24, 2.45) is 0 Å². The van der Waals surface area contributed by atoms with Crippen LogP contribution in [0.1, 0.15) is 27.8 Å². The predicted octanol–water partition coefficient (Wildman–Crippen LogP) is 6.74. The van der Waals surface area contributed by atoms with Gasteiger partial charge in [0.05, 0.1) is 16.4 Å². The van der Waals surface area contributed by atoms with Crippen LogP contribution in [0.2, 0.25) is 0 Å². The minimum atomic E-state index is -0.827. The number of rotatable bonds is 9. The number of anilines is 1. The van der Waals surface area contributed by atoms with Crippen molar-refractivity contribution in [3.63, 3.8) is 0 Å². The number of hydrogen-bond acceptors (Lipinski definition) is 6. The molecule has 9 heteroatoms. The van der Waals surface area contributed by atoms with Crippen molar-refractivity contribution in [2.45, 2.75) is 27.1 Å². The molecule has 8 nitrogen and oxygen atoms in total. The Morgan fingerprint density at radius 3 is 2.23 bits per heavy atom. The van der Waals surface area contributed by atoms with E-state index < -0.39 is 17.8 Å². The number of aryl methyl sites for hydroxylation is 2. The summed E-state index contributed by atoms with van der Waals surface area (Å²) in [7, 11) is 1.53. The molecule has 0 aromatic heterocycles. The summed E-state index contributed by atoms with van der Waals surface area (Å²) in [6.45, 7) is 4.84. The van der Waals surface area contributed by atoms with Crippen molar-refractivity contribution < 1.29 is 28.6 Å². The van der Waals surface area contributed by atoms with Crippen LogP contribution in [-0.2, 0) is 22.8 Å². The molecule has 0 bridgehead atoms. The smallest absolute Gasteiger partial charge is 0.335 e. The van der Waals surface area contributed by atoms with Gasteiger partial charge >= 0.3 is 6.03 Å². The van der Waals surface area contributed by atoms with Gasteiger partial charge in [0.1, 0.15) is 24.5 Å². The van der Waals surface area contributed by atoms with E-state index >= 15 is 0 Å². The fraction of sp³-hybridized carbons (Fsp3) is 0.147. The molecule has 5 rings (SSSR count). The number of halogens is 1. The molecule has 0 atom stereocenters. The molecule has 1 aliphatic heterocycles. The fourth-order valence-corrected chi connectivity index (χ4v) is 5.28. The zero-order chi connectivity index (χ0) is 30.5. The van der Waals surface area contributed by atoms with Crippen LogP contribution in [-0.4, -0.2) is 25.0 Å². The number of hydrogen-bond donors (Lipinski definition) is 1. The van der Waals surface area contributed by atoms with Gasteiger partial charge in [-0.25, -0.2) is 9.69 Å². The maximum absolute atomic E-state index is 13.5. The summed E-state index contributed by atoms with van der Waals surface area (Å²) in [6.07, 6.45) is 1.44. The molecule has 4 aromatic carbocycles. The van der Waals surface area contributed by atoms with Crippen LogP contribution in [0.4, 0.5) is 10.5 Å². The van der Waals surface area contributed by atoms with Crippen LogP contribution in [0, 0.1) is 17.4 Å². The Morgan fingerprint density at radius 1 is 0.814 bits per heavy atom. The van der Waals surface area contributed by atoms with E-state index in [9.17, 15) is 14.4 Å². The molecule has 4 amide bonds. The highest BCUT2D eigenvalue weighted by Crippen LogP contribution is 2.36. The van der Waals surface area contributed by atoms with E-state index in [-0.39, 0.29) is 5.57 Å². The van der Waals surface area contributed by atoms with Crippen LogP contribution in [0.3, 0.4) is 0 Å². The molecule has 1 heterocycles. The number of methoxy groups -OCH3 is 1. The monoisotopic (exact) mass is 688 g/mol. The van der Waals surface area contributed by atoms with Crippen LogP contribution < -0.4 is 24.4 Å². The molecule has 4 aromatic rings. The van der Waals surface area contributed by atoms with Gasteiger partial charge in [0.25, 0.3) is 11.8 Å². The number of carbonyl (C=O) groups is 3. The van der Waals surface area contributed by atoms with Gasteiger partial charge in [0, 0.05) is 0 Å². The lowest BCUT2D eigenvalue weighted by atomic mass is 10.1. The predicted molar refractivity (Wildman–Crippen MR) is 172 cm³/mol. The maximum atomic E-state index is 13.5. The Kier molecular flexibility index (Phi) is 9.10. The molecule has 1 saturated heterocycles.